The molecule has 1 aliphatic heterocycles. The molecule has 9 nitrogen and oxygen atoms in total. The molecule has 9 heteroatoms. The van der Waals surface area contributed by atoms with E-state index < -0.39 is 17.9 Å². The van der Waals surface area contributed by atoms with Gasteiger partial charge in [-0.25, -0.2) is 10.2 Å². The van der Waals surface area contributed by atoms with Crippen molar-refractivity contribution in [2.24, 2.45) is 22.7 Å². The van der Waals surface area contributed by atoms with E-state index >= 15 is 0 Å². The number of hydrazone groups is 1. The molecule has 120 valence electrons. The number of likely N-dealkylation sites (tertiary alicyclic amines) is 1. The topological polar surface area (TPSA) is 125 Å². The van der Waals surface area contributed by atoms with Crippen LogP contribution in [0.15, 0.2) is 5.10 Å². The van der Waals surface area contributed by atoms with E-state index in [9.17, 15) is 19.2 Å². The van der Waals surface area contributed by atoms with Gasteiger partial charge in [-0.05, 0) is 19.3 Å². The predicted molar refractivity (Wildman–Crippen MR) is 76.4 cm³/mol. The number of nitrogens with zero attached hydrogens (tertiary/aromatic N) is 3. The highest BCUT2D eigenvalue weighted by Gasteiger charge is 2.49. The van der Waals surface area contributed by atoms with Crippen molar-refractivity contribution in [2.45, 2.75) is 19.3 Å². The van der Waals surface area contributed by atoms with Crippen molar-refractivity contribution in [1.29, 1.82) is 0 Å². The Hall–Kier alpha value is -2.45. The monoisotopic (exact) mass is 309 g/mol. The van der Waals surface area contributed by atoms with Crippen molar-refractivity contribution in [3.63, 3.8) is 0 Å². The van der Waals surface area contributed by atoms with Crippen LogP contribution in [-0.4, -0.2) is 59.9 Å². The van der Waals surface area contributed by atoms with Crippen LogP contribution >= 0.6 is 0 Å². The van der Waals surface area contributed by atoms with Gasteiger partial charge in [0.25, 0.3) is 0 Å². The van der Waals surface area contributed by atoms with Gasteiger partial charge in [0.15, 0.2) is 0 Å². The van der Waals surface area contributed by atoms with Crippen LogP contribution in [0.5, 0.6) is 0 Å². The van der Waals surface area contributed by atoms with E-state index in [1.165, 1.54) is 4.90 Å². The lowest BCUT2D eigenvalue weighted by Crippen LogP contribution is -2.40. The highest BCUT2D eigenvalue weighted by Crippen LogP contribution is 2.37. The lowest BCUT2D eigenvalue weighted by atomic mass is 9.80. The van der Waals surface area contributed by atoms with Crippen LogP contribution < -0.4 is 11.2 Å². The molecule has 5 amide bonds. The fourth-order valence-corrected chi connectivity index (χ4v) is 2.75. The first-order valence-corrected chi connectivity index (χ1v) is 6.97. The number of carbonyl (C=O) groups excluding carboxylic acids is 4. The Labute approximate surface area is 127 Å². The maximum absolute atomic E-state index is 12.4. The molecule has 0 bridgehead atoms. The average Bonchev–Trinajstić information content (AvgIpc) is 2.69. The van der Waals surface area contributed by atoms with Gasteiger partial charge in [-0.1, -0.05) is 0 Å². The highest BCUT2D eigenvalue weighted by atomic mass is 16.2. The number of nitrogens with one attached hydrogen (secondary N) is 1. The van der Waals surface area contributed by atoms with Crippen molar-refractivity contribution in [3.05, 3.63) is 0 Å². The molecule has 1 saturated heterocycles. The molecule has 0 radical (unpaired) electrons. The summed E-state index contributed by atoms with van der Waals surface area (Å²) in [6.45, 7) is -0.232. The van der Waals surface area contributed by atoms with Gasteiger partial charge < -0.3 is 10.6 Å². The normalized spacial score (nSPS) is 26.1. The van der Waals surface area contributed by atoms with Crippen LogP contribution in [0.25, 0.3) is 0 Å². The minimum Gasteiger partial charge on any atom is -0.350 e. The highest BCUT2D eigenvalue weighted by molar-refractivity contribution is 6.09. The summed E-state index contributed by atoms with van der Waals surface area (Å²) in [5.74, 6) is -1.87. The second-order valence-corrected chi connectivity index (χ2v) is 5.66. The third kappa shape index (κ3) is 3.07. The number of carbonyl (C=O) groups is 4. The van der Waals surface area contributed by atoms with Crippen LogP contribution in [0.1, 0.15) is 19.3 Å². The Morgan fingerprint density at radius 1 is 1.32 bits per heavy atom. The number of hydrogen-bond acceptors (Lipinski definition) is 5. The van der Waals surface area contributed by atoms with Crippen molar-refractivity contribution in [3.8, 4) is 0 Å². The fraction of sp³-hybridized carbons (Fsp3) is 0.615. The number of amides is 5. The number of nitrogens with two attached hydrogens (primary N) is 1. The molecule has 1 saturated carbocycles. The van der Waals surface area contributed by atoms with Gasteiger partial charge in [-0.3, -0.25) is 19.3 Å². The maximum atomic E-state index is 12.4. The zero-order valence-corrected chi connectivity index (χ0v) is 12.5. The van der Waals surface area contributed by atoms with Crippen LogP contribution in [0.4, 0.5) is 4.79 Å². The molecule has 0 aromatic heterocycles. The maximum Gasteiger partial charge on any atom is 0.332 e. The lowest BCUT2D eigenvalue weighted by Gasteiger charge is -2.21. The number of urea groups is 1. The molecule has 3 N–H and O–H groups in total. The summed E-state index contributed by atoms with van der Waals surface area (Å²) in [4.78, 5) is 49.4. The second kappa shape index (κ2) is 6.12. The molecule has 2 fully saturated rings. The molecule has 0 unspecified atom stereocenters. The lowest BCUT2D eigenvalue weighted by molar-refractivity contribution is -0.145. The molecule has 1 heterocycles. The van der Waals surface area contributed by atoms with Crippen molar-refractivity contribution >= 4 is 29.5 Å². The Balaban J connectivity index is 2.09. The SMILES string of the molecule is CN(C)C(=O)CN1C(=O)[C@H]2C/C(=N/NC(N)=O)CC[C@H]2C1=O. The molecule has 1 aliphatic carbocycles. The van der Waals surface area contributed by atoms with E-state index in [1.54, 1.807) is 14.1 Å². The summed E-state index contributed by atoms with van der Waals surface area (Å²) in [5.41, 5.74) is 7.70. The third-order valence-corrected chi connectivity index (χ3v) is 3.97. The number of imide groups is 1. The van der Waals surface area contributed by atoms with Crippen LogP contribution in [-0.2, 0) is 14.4 Å². The summed E-state index contributed by atoms with van der Waals surface area (Å²) < 4.78 is 0. The van der Waals surface area contributed by atoms with Gasteiger partial charge in [-0.2, -0.15) is 5.10 Å². The first-order valence-electron chi connectivity index (χ1n) is 6.97. The molecular formula is C13H19N5O4. The van der Waals surface area contributed by atoms with E-state index in [0.29, 0.717) is 25.0 Å². The van der Waals surface area contributed by atoms with Crippen LogP contribution in [0, 0.1) is 11.8 Å². The number of hydrogen-bond donors (Lipinski definition) is 2. The summed E-state index contributed by atoms with van der Waals surface area (Å²) in [5, 5.41) is 3.85. The zero-order chi connectivity index (χ0) is 16.4. The van der Waals surface area contributed by atoms with E-state index in [0.717, 1.165) is 4.90 Å². The van der Waals surface area contributed by atoms with Crippen molar-refractivity contribution in [2.75, 3.05) is 20.6 Å². The Morgan fingerprint density at radius 2 is 1.95 bits per heavy atom. The quantitative estimate of drug-likeness (QED) is 0.506. The smallest absolute Gasteiger partial charge is 0.332 e. The van der Waals surface area contributed by atoms with Gasteiger partial charge >= 0.3 is 6.03 Å². The molecule has 22 heavy (non-hydrogen) atoms. The van der Waals surface area contributed by atoms with Gasteiger partial charge in [0.2, 0.25) is 17.7 Å². The van der Waals surface area contributed by atoms with Gasteiger partial charge in [0.1, 0.15) is 6.54 Å². The standard InChI is InChI=1S/C13H19N5O4/c1-17(2)10(19)6-18-11(20)8-4-3-7(15-16-13(14)22)5-9(8)12(18)21/h8-9H,3-6H2,1-2H3,(H3,14,16,22)/b15-7+/t8-,9+/m1/s1. The minimum absolute atomic E-state index is 0.232. The first-order chi connectivity index (χ1) is 10.3. The predicted octanol–water partition coefficient (Wildman–Crippen LogP) is -1.12. The number of fused-ring (bicyclic) bond motifs is 1. The Morgan fingerprint density at radius 3 is 2.55 bits per heavy atom. The summed E-state index contributed by atoms with van der Waals surface area (Å²) in [7, 11) is 3.14. The zero-order valence-electron chi connectivity index (χ0n) is 12.5. The molecule has 2 atom stereocenters. The van der Waals surface area contributed by atoms with Crippen LogP contribution in [0.2, 0.25) is 0 Å². The summed E-state index contributed by atoms with van der Waals surface area (Å²) in [6.07, 6.45) is 1.28. The summed E-state index contributed by atoms with van der Waals surface area (Å²) in [6, 6.07) is -0.776. The minimum atomic E-state index is -0.776. The van der Waals surface area contributed by atoms with E-state index in [4.69, 9.17) is 5.73 Å². The van der Waals surface area contributed by atoms with Crippen molar-refractivity contribution in [1.82, 2.24) is 15.2 Å². The van der Waals surface area contributed by atoms with Gasteiger partial charge in [0.05, 0.1) is 11.8 Å². The first kappa shape index (κ1) is 15.9. The molecule has 0 aromatic rings. The Kier molecular flexibility index (Phi) is 4.43. The second-order valence-electron chi connectivity index (χ2n) is 5.66. The number of likely N-dealkylation sites (N-methyl/N-ethyl adjacent to an activating group) is 1. The molecule has 2 aliphatic rings. The van der Waals surface area contributed by atoms with E-state index in [-0.39, 0.29) is 24.3 Å². The fourth-order valence-electron chi connectivity index (χ4n) is 2.75. The van der Waals surface area contributed by atoms with E-state index in [1.807, 2.05) is 0 Å². The van der Waals surface area contributed by atoms with Crippen LogP contribution in [0.3, 0.4) is 0 Å². The average molecular weight is 309 g/mol. The third-order valence-electron chi connectivity index (χ3n) is 3.97. The van der Waals surface area contributed by atoms with Gasteiger partial charge in [0, 0.05) is 19.8 Å². The van der Waals surface area contributed by atoms with E-state index in [2.05, 4.69) is 10.5 Å². The largest absolute Gasteiger partial charge is 0.350 e. The molecule has 0 spiro atoms. The molecule has 0 aromatic carbocycles. The number of rotatable bonds is 3. The summed E-state index contributed by atoms with van der Waals surface area (Å²) >= 11 is 0. The van der Waals surface area contributed by atoms with Gasteiger partial charge in [-0.15, -0.1) is 0 Å². The Bertz CT molecular complexity index is 557. The molecular weight excluding hydrogens is 290 g/mol. The number of primary amides is 1. The van der Waals surface area contributed by atoms with Crippen molar-refractivity contribution < 1.29 is 19.2 Å². The molecule has 2 rings (SSSR count).